The lowest BCUT2D eigenvalue weighted by molar-refractivity contribution is 0.102. The molecule has 0 saturated carbocycles. The van der Waals surface area contributed by atoms with Crippen molar-refractivity contribution in [1.82, 2.24) is 14.8 Å². The van der Waals surface area contributed by atoms with Crippen molar-refractivity contribution >= 4 is 33.5 Å². The molecule has 1 aromatic carbocycles. The summed E-state index contributed by atoms with van der Waals surface area (Å²) in [6, 6.07) is 7.36. The van der Waals surface area contributed by atoms with Crippen LogP contribution in [0.1, 0.15) is 16.8 Å². The fraction of sp³-hybridized carbons (Fsp3) is 0.357. The van der Waals surface area contributed by atoms with Crippen LogP contribution < -0.4 is 0 Å². The minimum absolute atomic E-state index is 0.0824. The van der Waals surface area contributed by atoms with E-state index in [1.54, 1.807) is 13.4 Å². The van der Waals surface area contributed by atoms with E-state index in [1.807, 2.05) is 28.8 Å². The van der Waals surface area contributed by atoms with Crippen molar-refractivity contribution in [1.29, 1.82) is 0 Å². The number of methoxy groups -OCH3 is 1. The summed E-state index contributed by atoms with van der Waals surface area (Å²) in [7, 11) is 1.68. The maximum Gasteiger partial charge on any atom is 0.191 e. The van der Waals surface area contributed by atoms with Gasteiger partial charge in [-0.3, -0.25) is 4.79 Å². The largest absolute Gasteiger partial charge is 0.385 e. The molecular formula is C14H16BrN3O2S. The smallest absolute Gasteiger partial charge is 0.191 e. The molecule has 0 atom stereocenters. The van der Waals surface area contributed by atoms with Gasteiger partial charge in [0, 0.05) is 30.3 Å². The summed E-state index contributed by atoms with van der Waals surface area (Å²) < 4.78 is 7.93. The molecule has 0 fully saturated rings. The van der Waals surface area contributed by atoms with Crippen LogP contribution in [0.5, 0.6) is 0 Å². The third-order valence-corrected chi connectivity index (χ3v) is 4.34. The number of aromatic nitrogens is 3. The highest BCUT2D eigenvalue weighted by molar-refractivity contribution is 9.10. The molecule has 1 heterocycles. The normalized spacial score (nSPS) is 10.8. The van der Waals surface area contributed by atoms with Crippen LogP contribution in [-0.4, -0.2) is 40.0 Å². The van der Waals surface area contributed by atoms with E-state index in [9.17, 15) is 4.79 Å². The van der Waals surface area contributed by atoms with Gasteiger partial charge in [0.25, 0.3) is 0 Å². The molecule has 0 spiro atoms. The second-order valence-electron chi connectivity index (χ2n) is 4.37. The van der Waals surface area contributed by atoms with Crippen molar-refractivity contribution < 1.29 is 9.53 Å². The van der Waals surface area contributed by atoms with E-state index in [1.165, 1.54) is 11.8 Å². The summed E-state index contributed by atoms with van der Waals surface area (Å²) in [5.41, 5.74) is 0.705. The molecule has 0 amide bonds. The van der Waals surface area contributed by atoms with Gasteiger partial charge >= 0.3 is 0 Å². The van der Waals surface area contributed by atoms with Crippen molar-refractivity contribution in [3.05, 3.63) is 40.6 Å². The highest BCUT2D eigenvalue weighted by Crippen LogP contribution is 2.18. The lowest BCUT2D eigenvalue weighted by Gasteiger charge is -2.05. The van der Waals surface area contributed by atoms with Crippen molar-refractivity contribution in [3.8, 4) is 0 Å². The zero-order valence-electron chi connectivity index (χ0n) is 11.7. The Bertz CT molecular complexity index is 586. The Morgan fingerprint density at radius 3 is 2.86 bits per heavy atom. The molecule has 1 aromatic heterocycles. The number of hydrogen-bond donors (Lipinski definition) is 0. The fourth-order valence-corrected chi connectivity index (χ4v) is 2.84. The highest BCUT2D eigenvalue weighted by Gasteiger charge is 2.10. The molecule has 7 heteroatoms. The van der Waals surface area contributed by atoms with Gasteiger partial charge in [-0.25, -0.2) is 0 Å². The molecule has 0 N–H and O–H groups in total. The minimum Gasteiger partial charge on any atom is -0.385 e. The van der Waals surface area contributed by atoms with E-state index in [-0.39, 0.29) is 5.78 Å². The molecule has 2 rings (SSSR count). The molecule has 0 aliphatic carbocycles. The molecule has 112 valence electrons. The van der Waals surface area contributed by atoms with E-state index in [0.29, 0.717) is 17.9 Å². The van der Waals surface area contributed by atoms with E-state index in [2.05, 4.69) is 26.1 Å². The summed E-state index contributed by atoms with van der Waals surface area (Å²) in [5.74, 6) is 0.434. The molecule has 2 aromatic rings. The summed E-state index contributed by atoms with van der Waals surface area (Å²) >= 11 is 4.76. The van der Waals surface area contributed by atoms with Crippen LogP contribution in [0.4, 0.5) is 0 Å². The first-order valence-corrected chi connectivity index (χ1v) is 8.27. The van der Waals surface area contributed by atoms with Crippen LogP contribution in [-0.2, 0) is 11.3 Å². The van der Waals surface area contributed by atoms with E-state index in [4.69, 9.17) is 4.74 Å². The van der Waals surface area contributed by atoms with Crippen molar-refractivity contribution in [2.45, 2.75) is 18.1 Å². The Hall–Kier alpha value is -1.18. The number of halogens is 1. The second-order valence-corrected chi connectivity index (χ2v) is 6.23. The molecule has 0 radical (unpaired) electrons. The number of thioether (sulfide) groups is 1. The monoisotopic (exact) mass is 369 g/mol. The molecule has 0 unspecified atom stereocenters. The average molecular weight is 370 g/mol. The Balaban J connectivity index is 1.89. The predicted octanol–water partition coefficient (Wildman–Crippen LogP) is 3.05. The van der Waals surface area contributed by atoms with Crippen LogP contribution in [0.15, 0.2) is 40.2 Å². The zero-order valence-corrected chi connectivity index (χ0v) is 14.1. The van der Waals surface area contributed by atoms with Gasteiger partial charge in [0.2, 0.25) is 0 Å². The SMILES string of the molecule is COCCCn1cnnc1SCC(=O)c1ccc(Br)cc1. The number of ketones is 1. The average Bonchev–Trinajstić information content (AvgIpc) is 2.93. The van der Waals surface area contributed by atoms with Gasteiger partial charge in [-0.1, -0.05) is 39.8 Å². The van der Waals surface area contributed by atoms with Crippen LogP contribution in [0.2, 0.25) is 0 Å². The number of aryl methyl sites for hydroxylation is 1. The summed E-state index contributed by atoms with van der Waals surface area (Å²) in [4.78, 5) is 12.1. The van der Waals surface area contributed by atoms with Crippen LogP contribution in [0.3, 0.4) is 0 Å². The van der Waals surface area contributed by atoms with Gasteiger partial charge < -0.3 is 9.30 Å². The summed E-state index contributed by atoms with van der Waals surface area (Å²) in [5, 5.41) is 8.71. The molecule has 0 bridgehead atoms. The molecule has 21 heavy (non-hydrogen) atoms. The van der Waals surface area contributed by atoms with Gasteiger partial charge in [-0.05, 0) is 18.6 Å². The zero-order chi connectivity index (χ0) is 15.1. The molecular weight excluding hydrogens is 354 g/mol. The van der Waals surface area contributed by atoms with Gasteiger partial charge in [-0.15, -0.1) is 10.2 Å². The first kappa shape index (κ1) is 16.2. The lowest BCUT2D eigenvalue weighted by Crippen LogP contribution is -2.05. The van der Waals surface area contributed by atoms with Crippen LogP contribution in [0, 0.1) is 0 Å². The third-order valence-electron chi connectivity index (χ3n) is 2.83. The number of benzene rings is 1. The number of rotatable bonds is 8. The van der Waals surface area contributed by atoms with Crippen LogP contribution >= 0.6 is 27.7 Å². The quantitative estimate of drug-likeness (QED) is 0.406. The fourth-order valence-electron chi connectivity index (χ4n) is 1.74. The van der Waals surface area contributed by atoms with Gasteiger partial charge in [-0.2, -0.15) is 0 Å². The number of hydrogen-bond acceptors (Lipinski definition) is 5. The summed E-state index contributed by atoms with van der Waals surface area (Å²) in [6.45, 7) is 1.48. The minimum atomic E-state index is 0.0824. The van der Waals surface area contributed by atoms with E-state index in [0.717, 1.165) is 22.6 Å². The Kier molecular flexibility index (Phi) is 6.41. The highest BCUT2D eigenvalue weighted by atomic mass is 79.9. The van der Waals surface area contributed by atoms with Gasteiger partial charge in [0.1, 0.15) is 6.33 Å². The van der Waals surface area contributed by atoms with Gasteiger partial charge in [0.15, 0.2) is 10.9 Å². The Labute approximate surface area is 136 Å². The lowest BCUT2D eigenvalue weighted by atomic mass is 10.2. The molecule has 0 saturated heterocycles. The number of Topliss-reactive ketones (excluding diaryl/α,β-unsaturated/α-hetero) is 1. The summed E-state index contributed by atoms with van der Waals surface area (Å²) in [6.07, 6.45) is 2.57. The predicted molar refractivity (Wildman–Crippen MR) is 85.7 cm³/mol. The molecule has 5 nitrogen and oxygen atoms in total. The van der Waals surface area contributed by atoms with E-state index < -0.39 is 0 Å². The Morgan fingerprint density at radius 1 is 1.38 bits per heavy atom. The number of carbonyl (C=O) groups excluding carboxylic acids is 1. The standard InChI is InChI=1S/C14H16BrN3O2S/c1-20-8-2-7-18-10-16-17-14(18)21-9-13(19)11-3-5-12(15)6-4-11/h3-6,10H,2,7-9H2,1H3. The second kappa shape index (κ2) is 8.31. The van der Waals surface area contributed by atoms with Crippen molar-refractivity contribution in [2.75, 3.05) is 19.5 Å². The number of nitrogens with zero attached hydrogens (tertiary/aromatic N) is 3. The van der Waals surface area contributed by atoms with Crippen molar-refractivity contribution in [3.63, 3.8) is 0 Å². The maximum atomic E-state index is 12.1. The Morgan fingerprint density at radius 2 is 2.14 bits per heavy atom. The maximum absolute atomic E-state index is 12.1. The van der Waals surface area contributed by atoms with Crippen LogP contribution in [0.25, 0.3) is 0 Å². The van der Waals surface area contributed by atoms with Crippen molar-refractivity contribution in [2.24, 2.45) is 0 Å². The number of ether oxygens (including phenoxy) is 1. The van der Waals surface area contributed by atoms with Gasteiger partial charge in [0.05, 0.1) is 5.75 Å². The topological polar surface area (TPSA) is 57.0 Å². The number of carbonyl (C=O) groups is 1. The molecule has 0 aliphatic heterocycles. The third kappa shape index (κ3) is 4.94. The molecule has 0 aliphatic rings. The first-order valence-electron chi connectivity index (χ1n) is 6.49. The first-order chi connectivity index (χ1) is 10.2. The van der Waals surface area contributed by atoms with E-state index >= 15 is 0 Å².